The Morgan fingerprint density at radius 1 is 1.35 bits per heavy atom. The molecule has 2 rings (SSSR count). The van der Waals surface area contributed by atoms with Crippen molar-refractivity contribution < 1.29 is 18.7 Å². The Morgan fingerprint density at radius 2 is 2.00 bits per heavy atom. The summed E-state index contributed by atoms with van der Waals surface area (Å²) in [5.41, 5.74) is 1.01. The molecule has 140 valence electrons. The fourth-order valence-electron chi connectivity index (χ4n) is 2.29. The summed E-state index contributed by atoms with van der Waals surface area (Å²) in [7, 11) is 0. The van der Waals surface area contributed by atoms with E-state index in [1.54, 1.807) is 11.6 Å². The second kappa shape index (κ2) is 8.80. The lowest BCUT2D eigenvalue weighted by molar-refractivity contribution is -0.123. The molecule has 2 aromatic rings. The zero-order valence-electron chi connectivity index (χ0n) is 14.9. The highest BCUT2D eigenvalue weighted by Crippen LogP contribution is 2.22. The molecule has 0 radical (unpaired) electrons. The van der Waals surface area contributed by atoms with Crippen LogP contribution in [0.2, 0.25) is 5.15 Å². The number of aromatic nitrogens is 2. The fourth-order valence-corrected chi connectivity index (χ4v) is 2.63. The molecule has 1 heterocycles. The normalized spacial score (nSPS) is 11.9. The van der Waals surface area contributed by atoms with E-state index in [1.165, 1.54) is 31.2 Å². The number of unbranched alkanes of at least 4 members (excludes halogenated alkanes) is 1. The van der Waals surface area contributed by atoms with Crippen molar-refractivity contribution in [1.29, 1.82) is 0 Å². The molecule has 0 fully saturated rings. The number of aryl methyl sites for hydroxylation is 2. The van der Waals surface area contributed by atoms with Crippen LogP contribution in [-0.4, -0.2) is 27.8 Å². The highest BCUT2D eigenvalue weighted by Gasteiger charge is 2.25. The lowest BCUT2D eigenvalue weighted by Crippen LogP contribution is -2.30. The molecule has 1 amide bonds. The lowest BCUT2D eigenvalue weighted by atomic mass is 10.2. The average molecular weight is 382 g/mol. The Labute approximate surface area is 156 Å². The molecule has 1 aromatic heterocycles. The van der Waals surface area contributed by atoms with E-state index < -0.39 is 23.8 Å². The maximum Gasteiger partial charge on any atom is 0.343 e. The van der Waals surface area contributed by atoms with Crippen LogP contribution in [-0.2, 0) is 16.1 Å². The van der Waals surface area contributed by atoms with Crippen LogP contribution in [0.5, 0.6) is 0 Å². The molecule has 26 heavy (non-hydrogen) atoms. The molecule has 1 N–H and O–H groups in total. The first-order chi connectivity index (χ1) is 12.3. The Balaban J connectivity index is 2.03. The van der Waals surface area contributed by atoms with Crippen molar-refractivity contribution in [3.8, 4) is 0 Å². The van der Waals surface area contributed by atoms with Gasteiger partial charge in [-0.1, -0.05) is 24.9 Å². The molecule has 0 spiro atoms. The van der Waals surface area contributed by atoms with Gasteiger partial charge in [0, 0.05) is 12.2 Å². The van der Waals surface area contributed by atoms with Gasteiger partial charge in [0.1, 0.15) is 16.5 Å². The third kappa shape index (κ3) is 4.82. The Hall–Kier alpha value is -2.41. The van der Waals surface area contributed by atoms with E-state index in [4.69, 9.17) is 16.3 Å². The maximum atomic E-state index is 12.9. The van der Waals surface area contributed by atoms with Gasteiger partial charge in [-0.25, -0.2) is 9.18 Å². The van der Waals surface area contributed by atoms with Gasteiger partial charge >= 0.3 is 5.97 Å². The standard InChI is InChI=1S/C18H21ClFN3O3/c1-4-5-10-23-16(19)15(11(2)22-23)18(25)26-12(3)17(24)21-14-8-6-13(20)7-9-14/h6-9,12H,4-5,10H2,1-3H3,(H,21,24)/t12-/m1/s1. The van der Waals surface area contributed by atoms with Gasteiger partial charge in [-0.15, -0.1) is 0 Å². The van der Waals surface area contributed by atoms with E-state index in [1.807, 2.05) is 6.92 Å². The van der Waals surface area contributed by atoms with Crippen molar-refractivity contribution in [3.05, 3.63) is 46.5 Å². The van der Waals surface area contributed by atoms with Gasteiger partial charge in [-0.2, -0.15) is 5.10 Å². The predicted octanol–water partition coefficient (Wildman–Crippen LogP) is 3.97. The van der Waals surface area contributed by atoms with Crippen molar-refractivity contribution in [1.82, 2.24) is 9.78 Å². The molecule has 1 atom stereocenters. The minimum absolute atomic E-state index is 0.157. The zero-order chi connectivity index (χ0) is 19.3. The van der Waals surface area contributed by atoms with Crippen LogP contribution >= 0.6 is 11.6 Å². The summed E-state index contributed by atoms with van der Waals surface area (Å²) < 4.78 is 19.7. The maximum absolute atomic E-state index is 12.9. The van der Waals surface area contributed by atoms with Gasteiger partial charge in [0.2, 0.25) is 0 Å². The number of carbonyl (C=O) groups is 2. The van der Waals surface area contributed by atoms with Crippen molar-refractivity contribution in [2.45, 2.75) is 46.3 Å². The quantitative estimate of drug-likeness (QED) is 0.736. The fraction of sp³-hybridized carbons (Fsp3) is 0.389. The Morgan fingerprint density at radius 3 is 2.62 bits per heavy atom. The first-order valence-electron chi connectivity index (χ1n) is 8.33. The first kappa shape index (κ1) is 19.9. The number of benzene rings is 1. The van der Waals surface area contributed by atoms with Crippen molar-refractivity contribution in [2.75, 3.05) is 5.32 Å². The summed E-state index contributed by atoms with van der Waals surface area (Å²) in [6.07, 6.45) is 0.795. The highest BCUT2D eigenvalue weighted by molar-refractivity contribution is 6.32. The van der Waals surface area contributed by atoms with Crippen LogP contribution in [0.3, 0.4) is 0 Å². The van der Waals surface area contributed by atoms with Crippen LogP contribution in [0, 0.1) is 12.7 Å². The molecular weight excluding hydrogens is 361 g/mol. The predicted molar refractivity (Wildman–Crippen MR) is 96.8 cm³/mol. The van der Waals surface area contributed by atoms with Crippen molar-refractivity contribution in [2.24, 2.45) is 0 Å². The van der Waals surface area contributed by atoms with Gasteiger partial charge in [0.05, 0.1) is 5.69 Å². The number of amides is 1. The van der Waals surface area contributed by atoms with E-state index in [0.29, 0.717) is 17.9 Å². The van der Waals surface area contributed by atoms with Crippen LogP contribution in [0.4, 0.5) is 10.1 Å². The van der Waals surface area contributed by atoms with Gasteiger partial charge < -0.3 is 10.1 Å². The Kier molecular flexibility index (Phi) is 6.74. The number of esters is 1. The third-order valence-electron chi connectivity index (χ3n) is 3.76. The third-order valence-corrected chi connectivity index (χ3v) is 4.14. The number of hydrogen-bond donors (Lipinski definition) is 1. The molecule has 0 aliphatic heterocycles. The lowest BCUT2D eigenvalue weighted by Gasteiger charge is -2.13. The number of halogens is 2. The molecule has 0 saturated heterocycles. The van der Waals surface area contributed by atoms with Crippen LogP contribution < -0.4 is 5.32 Å². The van der Waals surface area contributed by atoms with E-state index in [2.05, 4.69) is 10.4 Å². The number of hydrogen-bond acceptors (Lipinski definition) is 4. The van der Waals surface area contributed by atoms with Crippen LogP contribution in [0.1, 0.15) is 42.7 Å². The van der Waals surface area contributed by atoms with Crippen molar-refractivity contribution in [3.63, 3.8) is 0 Å². The minimum Gasteiger partial charge on any atom is -0.449 e. The summed E-state index contributed by atoms with van der Waals surface area (Å²) >= 11 is 6.23. The number of nitrogens with zero attached hydrogens (tertiary/aromatic N) is 2. The monoisotopic (exact) mass is 381 g/mol. The second-order valence-electron chi connectivity index (χ2n) is 5.87. The van der Waals surface area contributed by atoms with Crippen molar-refractivity contribution >= 4 is 29.2 Å². The van der Waals surface area contributed by atoms with Crippen LogP contribution in [0.25, 0.3) is 0 Å². The van der Waals surface area contributed by atoms with E-state index in [-0.39, 0.29) is 10.7 Å². The minimum atomic E-state index is -1.05. The molecular formula is C18H21ClFN3O3. The summed E-state index contributed by atoms with van der Waals surface area (Å²) in [6, 6.07) is 5.28. The number of ether oxygens (including phenoxy) is 1. The van der Waals surface area contributed by atoms with Gasteiger partial charge in [-0.3, -0.25) is 9.48 Å². The Bertz CT molecular complexity index is 790. The molecule has 8 heteroatoms. The molecule has 1 aromatic carbocycles. The molecule has 0 unspecified atom stereocenters. The topological polar surface area (TPSA) is 73.2 Å². The molecule has 6 nitrogen and oxygen atoms in total. The largest absolute Gasteiger partial charge is 0.449 e. The van der Waals surface area contributed by atoms with E-state index >= 15 is 0 Å². The van der Waals surface area contributed by atoms with Gasteiger partial charge in [0.25, 0.3) is 5.91 Å². The molecule has 0 aliphatic carbocycles. The summed E-state index contributed by atoms with van der Waals surface area (Å²) in [5.74, 6) is -1.65. The molecule has 0 aliphatic rings. The van der Waals surface area contributed by atoms with E-state index in [9.17, 15) is 14.0 Å². The summed E-state index contributed by atoms with van der Waals surface area (Å²) in [5, 5.41) is 7.00. The van der Waals surface area contributed by atoms with Crippen LogP contribution in [0.15, 0.2) is 24.3 Å². The zero-order valence-corrected chi connectivity index (χ0v) is 15.6. The number of carbonyl (C=O) groups excluding carboxylic acids is 2. The summed E-state index contributed by atoms with van der Waals surface area (Å²) in [4.78, 5) is 24.5. The van der Waals surface area contributed by atoms with Gasteiger partial charge in [0.15, 0.2) is 6.10 Å². The molecule has 0 bridgehead atoms. The first-order valence-corrected chi connectivity index (χ1v) is 8.71. The SMILES string of the molecule is CCCCn1nc(C)c(C(=O)O[C@H](C)C(=O)Nc2ccc(F)cc2)c1Cl. The highest BCUT2D eigenvalue weighted by atomic mass is 35.5. The number of nitrogens with one attached hydrogen (secondary N) is 1. The number of rotatable bonds is 7. The second-order valence-corrected chi connectivity index (χ2v) is 6.23. The smallest absolute Gasteiger partial charge is 0.343 e. The van der Waals surface area contributed by atoms with Gasteiger partial charge in [-0.05, 0) is 44.5 Å². The molecule has 0 saturated carbocycles. The number of anilines is 1. The summed E-state index contributed by atoms with van der Waals surface area (Å²) in [6.45, 7) is 5.75. The van der Waals surface area contributed by atoms with E-state index in [0.717, 1.165) is 12.8 Å². The average Bonchev–Trinajstić information content (AvgIpc) is 2.88.